The highest BCUT2D eigenvalue weighted by molar-refractivity contribution is 6.33. The van der Waals surface area contributed by atoms with Crippen molar-refractivity contribution >= 4 is 34.4 Å². The average Bonchev–Trinajstić information content (AvgIpc) is 3.25. The van der Waals surface area contributed by atoms with Gasteiger partial charge in [0, 0.05) is 40.7 Å². The van der Waals surface area contributed by atoms with Crippen LogP contribution in [0.2, 0.25) is 5.02 Å². The molecule has 2 atom stereocenters. The number of fused-ring (bicyclic) bond motifs is 1. The van der Waals surface area contributed by atoms with Crippen LogP contribution in [0.25, 0.3) is 22.2 Å². The summed E-state index contributed by atoms with van der Waals surface area (Å²) in [5.41, 5.74) is 2.73. The molecule has 0 bridgehead atoms. The van der Waals surface area contributed by atoms with E-state index in [-0.39, 0.29) is 23.9 Å². The monoisotopic (exact) mass is 452 g/mol. The molecule has 8 heteroatoms. The fourth-order valence-corrected chi connectivity index (χ4v) is 5.12. The van der Waals surface area contributed by atoms with Crippen LogP contribution < -0.4 is 16.0 Å². The Balaban J connectivity index is 1.27. The van der Waals surface area contributed by atoms with Crippen molar-refractivity contribution in [3.8, 4) is 11.3 Å². The maximum Gasteiger partial charge on any atom is 0.223 e. The number of carbonyl (C=O) groups is 1. The topological polar surface area (TPSA) is 94.7 Å². The van der Waals surface area contributed by atoms with Crippen LogP contribution in [0.15, 0.2) is 36.7 Å². The second-order valence-corrected chi connectivity index (χ2v) is 9.28. The minimum atomic E-state index is 0.142. The molecule has 1 aliphatic carbocycles. The van der Waals surface area contributed by atoms with Crippen LogP contribution in [0.5, 0.6) is 0 Å². The fraction of sp³-hybridized carbons (Fsp3) is 0.458. The molecular weight excluding hydrogens is 424 g/mol. The van der Waals surface area contributed by atoms with Gasteiger partial charge in [0.15, 0.2) is 0 Å². The number of para-hydroxylation sites is 1. The summed E-state index contributed by atoms with van der Waals surface area (Å²) >= 11 is 6.47. The maximum absolute atomic E-state index is 12.7. The number of anilines is 1. The summed E-state index contributed by atoms with van der Waals surface area (Å²) in [5, 5.41) is 11.7. The lowest BCUT2D eigenvalue weighted by atomic mass is 9.89. The summed E-state index contributed by atoms with van der Waals surface area (Å²) in [5.74, 6) is 0.925. The van der Waals surface area contributed by atoms with Crippen molar-refractivity contribution in [2.24, 2.45) is 5.92 Å². The zero-order chi connectivity index (χ0) is 21.9. The summed E-state index contributed by atoms with van der Waals surface area (Å²) in [7, 11) is 0. The third-order valence-corrected chi connectivity index (χ3v) is 6.93. The molecule has 1 saturated heterocycles. The van der Waals surface area contributed by atoms with E-state index in [9.17, 15) is 4.79 Å². The Hall–Kier alpha value is -2.64. The van der Waals surface area contributed by atoms with Gasteiger partial charge in [-0.05, 0) is 57.7 Å². The summed E-state index contributed by atoms with van der Waals surface area (Å²) in [6, 6.07) is 8.52. The lowest BCUT2D eigenvalue weighted by molar-refractivity contribution is -0.126. The van der Waals surface area contributed by atoms with Gasteiger partial charge in [0.1, 0.15) is 0 Å². The minimum Gasteiger partial charge on any atom is -0.360 e. The second kappa shape index (κ2) is 9.46. The van der Waals surface area contributed by atoms with Gasteiger partial charge in [0.05, 0.1) is 16.9 Å². The predicted molar refractivity (Wildman–Crippen MR) is 128 cm³/mol. The Labute approximate surface area is 192 Å². The first-order chi connectivity index (χ1) is 15.7. The molecule has 1 aliphatic heterocycles. The Morgan fingerprint density at radius 1 is 1.09 bits per heavy atom. The van der Waals surface area contributed by atoms with Crippen molar-refractivity contribution in [3.63, 3.8) is 0 Å². The molecule has 0 spiro atoms. The number of nitrogens with one attached hydrogen (secondary N) is 4. The van der Waals surface area contributed by atoms with E-state index in [2.05, 4.69) is 32.0 Å². The normalized spacial score (nSPS) is 22.0. The minimum absolute atomic E-state index is 0.142. The van der Waals surface area contributed by atoms with Crippen molar-refractivity contribution in [1.82, 2.24) is 25.6 Å². The molecule has 1 saturated carbocycles. The second-order valence-electron chi connectivity index (χ2n) is 8.88. The van der Waals surface area contributed by atoms with E-state index in [0.717, 1.165) is 68.1 Å². The molecule has 7 nitrogen and oxygen atoms in total. The fourth-order valence-electron chi connectivity index (χ4n) is 4.93. The van der Waals surface area contributed by atoms with Crippen molar-refractivity contribution < 1.29 is 4.79 Å². The molecule has 0 radical (unpaired) electrons. The summed E-state index contributed by atoms with van der Waals surface area (Å²) < 4.78 is 0. The van der Waals surface area contributed by atoms with Crippen LogP contribution in [-0.4, -0.2) is 46.0 Å². The molecule has 1 aromatic carbocycles. The average molecular weight is 453 g/mol. The van der Waals surface area contributed by atoms with Gasteiger partial charge in [-0.1, -0.05) is 29.8 Å². The molecule has 3 heterocycles. The third-order valence-electron chi connectivity index (χ3n) is 6.65. The van der Waals surface area contributed by atoms with Crippen molar-refractivity contribution in [3.05, 3.63) is 41.7 Å². The van der Waals surface area contributed by atoms with E-state index in [1.807, 2.05) is 24.4 Å². The van der Waals surface area contributed by atoms with Crippen LogP contribution in [0, 0.1) is 5.92 Å². The van der Waals surface area contributed by atoms with Crippen molar-refractivity contribution in [2.75, 3.05) is 18.4 Å². The molecule has 168 valence electrons. The Bertz CT molecular complexity index is 1090. The highest BCUT2D eigenvalue weighted by Gasteiger charge is 2.27. The van der Waals surface area contributed by atoms with Gasteiger partial charge in [-0.15, -0.1) is 0 Å². The van der Waals surface area contributed by atoms with Gasteiger partial charge in [0.25, 0.3) is 0 Å². The van der Waals surface area contributed by atoms with Gasteiger partial charge >= 0.3 is 0 Å². The molecule has 3 aromatic rings. The van der Waals surface area contributed by atoms with Crippen LogP contribution in [0.3, 0.4) is 0 Å². The third kappa shape index (κ3) is 4.59. The Morgan fingerprint density at radius 2 is 1.91 bits per heavy atom. The van der Waals surface area contributed by atoms with Gasteiger partial charge in [-0.25, -0.2) is 9.97 Å². The summed E-state index contributed by atoms with van der Waals surface area (Å²) in [6.45, 7) is 1.86. The smallest absolute Gasteiger partial charge is 0.223 e. The van der Waals surface area contributed by atoms with Gasteiger partial charge in [-0.3, -0.25) is 4.79 Å². The zero-order valence-electron chi connectivity index (χ0n) is 18.0. The van der Waals surface area contributed by atoms with Crippen LogP contribution in [-0.2, 0) is 4.79 Å². The summed E-state index contributed by atoms with van der Waals surface area (Å²) in [6.07, 6.45) is 9.46. The first kappa shape index (κ1) is 21.2. The van der Waals surface area contributed by atoms with Crippen LogP contribution in [0.1, 0.15) is 38.5 Å². The molecule has 32 heavy (non-hydrogen) atoms. The summed E-state index contributed by atoms with van der Waals surface area (Å²) in [4.78, 5) is 25.1. The number of rotatable bonds is 5. The molecule has 4 N–H and O–H groups in total. The standard InChI is InChI=1S/C24H29ClN6O/c25-20-14-28-24(31-22(20)19-13-27-21-7-2-1-6-18(19)21)30-17-5-3-4-16(12-17)29-23(32)15-8-10-26-11-9-15/h1-2,6-7,13-17,26-27H,3-5,8-12H2,(H,29,32)(H,28,30,31). The molecule has 2 unspecified atom stereocenters. The van der Waals surface area contributed by atoms with Crippen LogP contribution >= 0.6 is 11.6 Å². The van der Waals surface area contributed by atoms with Gasteiger partial charge < -0.3 is 20.9 Å². The number of nitrogens with zero attached hydrogens (tertiary/aromatic N) is 2. The van der Waals surface area contributed by atoms with E-state index in [1.54, 1.807) is 6.20 Å². The van der Waals surface area contributed by atoms with E-state index in [1.165, 1.54) is 0 Å². The number of benzene rings is 1. The Kier molecular flexibility index (Phi) is 6.28. The zero-order valence-corrected chi connectivity index (χ0v) is 18.8. The number of hydrogen-bond acceptors (Lipinski definition) is 5. The number of amides is 1. The number of halogens is 1. The first-order valence-electron chi connectivity index (χ1n) is 11.5. The number of piperidine rings is 1. The highest BCUT2D eigenvalue weighted by atomic mass is 35.5. The number of aromatic nitrogens is 3. The van der Waals surface area contributed by atoms with Crippen molar-refractivity contribution in [1.29, 1.82) is 0 Å². The number of aromatic amines is 1. The SMILES string of the molecule is O=C(NC1CCCC(Nc2ncc(Cl)c(-c3c[nH]c4ccccc34)n2)C1)C1CCNCC1. The first-order valence-corrected chi connectivity index (χ1v) is 11.9. The van der Waals surface area contributed by atoms with E-state index >= 15 is 0 Å². The lowest BCUT2D eigenvalue weighted by Gasteiger charge is -2.32. The molecule has 2 aliphatic rings. The number of hydrogen-bond donors (Lipinski definition) is 4. The Morgan fingerprint density at radius 3 is 2.78 bits per heavy atom. The molecular formula is C24H29ClN6O. The quantitative estimate of drug-likeness (QED) is 0.467. The molecule has 5 rings (SSSR count). The highest BCUT2D eigenvalue weighted by Crippen LogP contribution is 2.32. The molecule has 1 amide bonds. The van der Waals surface area contributed by atoms with Gasteiger partial charge in [0.2, 0.25) is 11.9 Å². The van der Waals surface area contributed by atoms with E-state index in [4.69, 9.17) is 16.6 Å². The van der Waals surface area contributed by atoms with Crippen LogP contribution in [0.4, 0.5) is 5.95 Å². The maximum atomic E-state index is 12.7. The number of H-pyrrole nitrogens is 1. The largest absolute Gasteiger partial charge is 0.360 e. The van der Waals surface area contributed by atoms with E-state index in [0.29, 0.717) is 16.7 Å². The molecule has 2 fully saturated rings. The predicted octanol–water partition coefficient (Wildman–Crippen LogP) is 4.12. The van der Waals surface area contributed by atoms with Crippen molar-refractivity contribution in [2.45, 2.75) is 50.6 Å². The van der Waals surface area contributed by atoms with E-state index < -0.39 is 0 Å². The molecule has 2 aromatic heterocycles. The number of carbonyl (C=O) groups excluding carboxylic acids is 1. The lowest BCUT2D eigenvalue weighted by Crippen LogP contribution is -2.46. The van der Waals surface area contributed by atoms with Gasteiger partial charge in [-0.2, -0.15) is 0 Å².